The van der Waals surface area contributed by atoms with Gasteiger partial charge in [0.25, 0.3) is 0 Å². The number of nitrogens with one attached hydrogen (secondary N) is 2. The van der Waals surface area contributed by atoms with Crippen LogP contribution in [-0.2, 0) is 20.6 Å². The van der Waals surface area contributed by atoms with Gasteiger partial charge in [0.1, 0.15) is 17.1 Å². The number of halogens is 2. The Morgan fingerprint density at radius 2 is 1.96 bits per heavy atom. The summed E-state index contributed by atoms with van der Waals surface area (Å²) in [6.45, 7) is 1.81. The summed E-state index contributed by atoms with van der Waals surface area (Å²) in [5.41, 5.74) is 0.127. The summed E-state index contributed by atoms with van der Waals surface area (Å²) in [6, 6.07) is 8.95. The Morgan fingerprint density at radius 1 is 1.25 bits per heavy atom. The van der Waals surface area contributed by atoms with Gasteiger partial charge < -0.3 is 10.1 Å². The molecule has 0 heterocycles. The van der Waals surface area contributed by atoms with Crippen molar-refractivity contribution in [2.24, 2.45) is 0 Å². The summed E-state index contributed by atoms with van der Waals surface area (Å²) in [4.78, 5) is 12.7. The third-order valence-electron chi connectivity index (χ3n) is 4.58. The molecule has 0 atom stereocenters. The molecular formula is C19H20ClFN2O4S. The molecule has 150 valence electrons. The number of rotatable bonds is 7. The van der Waals surface area contributed by atoms with Gasteiger partial charge in [0.05, 0.1) is 12.9 Å². The zero-order chi connectivity index (χ0) is 20.5. The highest BCUT2D eigenvalue weighted by Crippen LogP contribution is 2.38. The average Bonchev–Trinajstić information content (AvgIpc) is 3.39. The summed E-state index contributed by atoms with van der Waals surface area (Å²) in [6.07, 6.45) is 0.743. The molecule has 1 saturated carbocycles. The maximum Gasteiger partial charge on any atom is 0.245 e. The number of aryl methyl sites for hydroxylation is 1. The normalized spacial score (nSPS) is 15.1. The quantitative estimate of drug-likeness (QED) is 0.710. The number of ether oxygens (including phenoxy) is 1. The molecule has 2 aromatic rings. The van der Waals surface area contributed by atoms with E-state index in [9.17, 15) is 17.6 Å². The van der Waals surface area contributed by atoms with E-state index in [0.717, 1.165) is 11.6 Å². The van der Waals surface area contributed by atoms with Crippen molar-refractivity contribution in [2.75, 3.05) is 12.4 Å². The van der Waals surface area contributed by atoms with Crippen molar-refractivity contribution < 1.29 is 22.3 Å². The number of carbonyl (C=O) groups is 1. The van der Waals surface area contributed by atoms with E-state index in [0.29, 0.717) is 24.3 Å². The van der Waals surface area contributed by atoms with Crippen molar-refractivity contribution in [1.82, 2.24) is 4.72 Å². The minimum absolute atomic E-state index is 0.0147. The first kappa shape index (κ1) is 20.6. The first-order chi connectivity index (χ1) is 13.1. The summed E-state index contributed by atoms with van der Waals surface area (Å²) in [5, 5.41) is 2.94. The van der Waals surface area contributed by atoms with Crippen molar-refractivity contribution in [1.29, 1.82) is 0 Å². The smallest absolute Gasteiger partial charge is 0.245 e. The predicted octanol–water partition coefficient (Wildman–Crippen LogP) is 3.39. The molecule has 0 saturated heterocycles. The van der Waals surface area contributed by atoms with Crippen LogP contribution in [0.5, 0.6) is 5.75 Å². The second-order valence-electron chi connectivity index (χ2n) is 6.81. The number of methoxy groups -OCH3 is 1. The maximum absolute atomic E-state index is 13.9. The lowest BCUT2D eigenvalue weighted by Gasteiger charge is -2.18. The Kier molecular flexibility index (Phi) is 5.65. The van der Waals surface area contributed by atoms with Crippen molar-refractivity contribution in [3.63, 3.8) is 0 Å². The molecule has 9 heteroatoms. The van der Waals surface area contributed by atoms with Crippen LogP contribution in [0.15, 0.2) is 36.4 Å². The highest BCUT2D eigenvalue weighted by atomic mass is 35.5. The number of anilines is 1. The minimum atomic E-state index is -3.94. The fourth-order valence-electron chi connectivity index (χ4n) is 2.82. The Hall–Kier alpha value is -2.16. The monoisotopic (exact) mass is 426 g/mol. The van der Waals surface area contributed by atoms with E-state index >= 15 is 0 Å². The molecule has 0 unspecified atom stereocenters. The molecule has 0 spiro atoms. The average molecular weight is 427 g/mol. The number of sulfonamides is 1. The second-order valence-corrected chi connectivity index (χ2v) is 8.97. The molecule has 1 fully saturated rings. The Morgan fingerprint density at radius 3 is 2.54 bits per heavy atom. The van der Waals surface area contributed by atoms with Gasteiger partial charge in [0.15, 0.2) is 0 Å². The molecule has 2 N–H and O–H groups in total. The summed E-state index contributed by atoms with van der Waals surface area (Å²) in [5.74, 6) is -1.07. The van der Waals surface area contributed by atoms with Crippen LogP contribution in [0.2, 0.25) is 5.02 Å². The van der Waals surface area contributed by atoms with E-state index in [1.807, 2.05) is 6.92 Å². The van der Waals surface area contributed by atoms with Crippen molar-refractivity contribution in [3.05, 3.63) is 58.4 Å². The molecular weight excluding hydrogens is 407 g/mol. The van der Waals surface area contributed by atoms with E-state index in [-0.39, 0.29) is 10.6 Å². The van der Waals surface area contributed by atoms with Gasteiger partial charge in [0, 0.05) is 16.3 Å². The summed E-state index contributed by atoms with van der Waals surface area (Å²) >= 11 is 5.69. The molecule has 0 aliphatic heterocycles. The van der Waals surface area contributed by atoms with E-state index < -0.39 is 33.0 Å². The molecule has 1 aliphatic carbocycles. The molecule has 3 rings (SSSR count). The lowest BCUT2D eigenvalue weighted by atomic mass is 10.1. The van der Waals surface area contributed by atoms with Crippen molar-refractivity contribution >= 4 is 33.2 Å². The van der Waals surface area contributed by atoms with Gasteiger partial charge in [-0.1, -0.05) is 17.7 Å². The zero-order valence-corrected chi connectivity index (χ0v) is 17.0. The molecule has 0 aromatic heterocycles. The fraction of sp³-hybridized carbons (Fsp3) is 0.316. The van der Waals surface area contributed by atoms with Crippen molar-refractivity contribution in [3.8, 4) is 5.75 Å². The molecule has 1 aliphatic rings. The van der Waals surface area contributed by atoms with Crippen LogP contribution in [0.3, 0.4) is 0 Å². The largest absolute Gasteiger partial charge is 0.497 e. The van der Waals surface area contributed by atoms with Gasteiger partial charge in [0.2, 0.25) is 15.9 Å². The first-order valence-electron chi connectivity index (χ1n) is 8.56. The molecule has 0 bridgehead atoms. The summed E-state index contributed by atoms with van der Waals surface area (Å²) < 4.78 is 46.5. The number of benzene rings is 2. The number of carbonyl (C=O) groups excluding carboxylic acids is 1. The number of hydrogen-bond donors (Lipinski definition) is 2. The van der Waals surface area contributed by atoms with E-state index in [1.54, 1.807) is 25.3 Å². The third-order valence-corrected chi connectivity index (χ3v) is 6.21. The number of hydrogen-bond acceptors (Lipinski definition) is 4. The van der Waals surface area contributed by atoms with Gasteiger partial charge in [-0.25, -0.2) is 12.8 Å². The van der Waals surface area contributed by atoms with Gasteiger partial charge in [-0.15, -0.1) is 0 Å². The zero-order valence-electron chi connectivity index (χ0n) is 15.4. The SMILES string of the molecule is COc1ccc(NC(=O)C2(NS(=O)(=O)Cc3ccc(Cl)cc3F)CC2)c(C)c1. The third kappa shape index (κ3) is 4.63. The first-order valence-corrected chi connectivity index (χ1v) is 10.6. The molecule has 0 radical (unpaired) electrons. The van der Waals surface area contributed by atoms with Crippen LogP contribution in [0.1, 0.15) is 24.0 Å². The van der Waals surface area contributed by atoms with Gasteiger partial charge in [-0.2, -0.15) is 4.72 Å². The van der Waals surface area contributed by atoms with E-state index in [2.05, 4.69) is 10.0 Å². The molecule has 6 nitrogen and oxygen atoms in total. The lowest BCUT2D eigenvalue weighted by molar-refractivity contribution is -0.118. The van der Waals surface area contributed by atoms with Crippen LogP contribution >= 0.6 is 11.6 Å². The van der Waals surface area contributed by atoms with Gasteiger partial charge >= 0.3 is 0 Å². The van der Waals surface area contributed by atoms with Crippen LogP contribution < -0.4 is 14.8 Å². The molecule has 1 amide bonds. The van der Waals surface area contributed by atoms with Crippen LogP contribution in [0.25, 0.3) is 0 Å². The Balaban J connectivity index is 1.71. The highest BCUT2D eigenvalue weighted by molar-refractivity contribution is 7.88. The van der Waals surface area contributed by atoms with E-state index in [4.69, 9.17) is 16.3 Å². The topological polar surface area (TPSA) is 84.5 Å². The Bertz CT molecular complexity index is 1020. The summed E-state index contributed by atoms with van der Waals surface area (Å²) in [7, 11) is -2.39. The lowest BCUT2D eigenvalue weighted by Crippen LogP contribution is -2.46. The van der Waals surface area contributed by atoms with Crippen LogP contribution in [-0.4, -0.2) is 27.0 Å². The molecule has 28 heavy (non-hydrogen) atoms. The van der Waals surface area contributed by atoms with Gasteiger partial charge in [-0.3, -0.25) is 4.79 Å². The maximum atomic E-state index is 13.9. The van der Waals surface area contributed by atoms with Gasteiger partial charge in [-0.05, 0) is 55.7 Å². The van der Waals surface area contributed by atoms with Crippen LogP contribution in [0.4, 0.5) is 10.1 Å². The minimum Gasteiger partial charge on any atom is -0.497 e. The standard InChI is InChI=1S/C19H20ClFN2O4S/c1-12-9-15(27-2)5-6-17(12)22-18(24)19(7-8-19)23-28(25,26)11-13-3-4-14(20)10-16(13)21/h3-6,9-10,23H,7-8,11H2,1-2H3,(H,22,24). The van der Waals surface area contributed by atoms with Crippen LogP contribution in [0, 0.1) is 12.7 Å². The van der Waals surface area contributed by atoms with E-state index in [1.165, 1.54) is 12.1 Å². The fourth-order valence-corrected chi connectivity index (χ4v) is 4.59. The number of amides is 1. The predicted molar refractivity (Wildman–Crippen MR) is 105 cm³/mol. The second kappa shape index (κ2) is 7.69. The van der Waals surface area contributed by atoms with Crippen molar-refractivity contribution in [2.45, 2.75) is 31.1 Å². The highest BCUT2D eigenvalue weighted by Gasteiger charge is 2.52. The Labute approximate surface area is 168 Å². The molecule has 2 aromatic carbocycles.